The van der Waals surface area contributed by atoms with Crippen LogP contribution in [-0.4, -0.2) is 18.5 Å². The molecule has 0 aromatic heterocycles. The summed E-state index contributed by atoms with van der Waals surface area (Å²) in [5.74, 6) is 0.971. The fraction of sp³-hybridized carbons (Fsp3) is 0.417. The number of halogens is 1. The van der Waals surface area contributed by atoms with Gasteiger partial charge in [-0.3, -0.25) is 5.32 Å². The Morgan fingerprint density at radius 2 is 2.11 bits per heavy atom. The minimum Gasteiger partial charge on any atom is -0.454 e. The van der Waals surface area contributed by atoms with Crippen LogP contribution < -0.4 is 14.8 Å². The van der Waals surface area contributed by atoms with Gasteiger partial charge in [0.05, 0.1) is 5.02 Å². The number of nitrogens with one attached hydrogen (secondary N) is 1. The number of benzene rings is 1. The quantitative estimate of drug-likeness (QED) is 0.850. The van der Waals surface area contributed by atoms with Crippen LogP contribution in [0.15, 0.2) is 12.1 Å². The lowest BCUT2D eigenvalue weighted by molar-refractivity contribution is 0.0635. The molecule has 0 unspecified atom stereocenters. The topological polar surface area (TPSA) is 56.8 Å². The highest BCUT2D eigenvalue weighted by atomic mass is 35.5. The van der Waals surface area contributed by atoms with E-state index in [9.17, 15) is 4.79 Å². The number of amides is 1. The molecule has 0 spiro atoms. The molecule has 1 aliphatic heterocycles. The first-order valence-corrected chi connectivity index (χ1v) is 5.83. The summed E-state index contributed by atoms with van der Waals surface area (Å²) in [6, 6.07) is 3.31. The van der Waals surface area contributed by atoms with Crippen molar-refractivity contribution in [2.45, 2.75) is 26.4 Å². The van der Waals surface area contributed by atoms with Gasteiger partial charge in [-0.1, -0.05) is 11.6 Å². The van der Waals surface area contributed by atoms with Gasteiger partial charge >= 0.3 is 6.09 Å². The maximum atomic E-state index is 11.7. The zero-order valence-corrected chi connectivity index (χ0v) is 11.1. The zero-order valence-electron chi connectivity index (χ0n) is 10.4. The summed E-state index contributed by atoms with van der Waals surface area (Å²) < 4.78 is 15.6. The number of carbonyl (C=O) groups excluding carboxylic acids is 1. The molecule has 2 rings (SSSR count). The van der Waals surface area contributed by atoms with Gasteiger partial charge in [0.25, 0.3) is 0 Å². The standard InChI is InChI=1S/C12H14ClNO4/c1-12(2,3)18-11(15)14-9-7(13)4-5-8-10(9)17-6-16-8/h4-5H,6H2,1-3H3,(H,14,15). The van der Waals surface area contributed by atoms with Crippen LogP contribution in [0.3, 0.4) is 0 Å². The van der Waals surface area contributed by atoms with E-state index >= 15 is 0 Å². The van der Waals surface area contributed by atoms with E-state index in [1.54, 1.807) is 32.9 Å². The van der Waals surface area contributed by atoms with E-state index in [2.05, 4.69) is 5.32 Å². The summed E-state index contributed by atoms with van der Waals surface area (Å²) in [5.41, 5.74) is -0.216. The molecule has 1 aromatic carbocycles. The maximum absolute atomic E-state index is 11.7. The molecule has 0 fully saturated rings. The van der Waals surface area contributed by atoms with Gasteiger partial charge in [-0.25, -0.2) is 4.79 Å². The first-order chi connectivity index (χ1) is 8.37. The van der Waals surface area contributed by atoms with Crippen LogP contribution in [0.2, 0.25) is 5.02 Å². The van der Waals surface area contributed by atoms with Crippen molar-refractivity contribution >= 4 is 23.4 Å². The average molecular weight is 272 g/mol. The molecule has 98 valence electrons. The van der Waals surface area contributed by atoms with E-state index in [4.69, 9.17) is 25.8 Å². The molecule has 1 aromatic rings. The Morgan fingerprint density at radius 1 is 1.39 bits per heavy atom. The smallest absolute Gasteiger partial charge is 0.412 e. The molecule has 0 aliphatic carbocycles. The van der Waals surface area contributed by atoms with Gasteiger partial charge in [0.1, 0.15) is 11.3 Å². The molecule has 1 N–H and O–H groups in total. The molecule has 1 amide bonds. The largest absolute Gasteiger partial charge is 0.454 e. The van der Waals surface area contributed by atoms with Crippen molar-refractivity contribution in [3.8, 4) is 11.5 Å². The Labute approximate surface area is 110 Å². The summed E-state index contributed by atoms with van der Waals surface area (Å²) in [6.07, 6.45) is -0.590. The number of carbonyl (C=O) groups is 1. The second kappa shape index (κ2) is 4.57. The lowest BCUT2D eigenvalue weighted by atomic mass is 10.2. The van der Waals surface area contributed by atoms with Crippen LogP contribution in [0.4, 0.5) is 10.5 Å². The monoisotopic (exact) mass is 271 g/mol. The molecule has 0 saturated carbocycles. The second-order valence-electron chi connectivity index (χ2n) is 4.78. The summed E-state index contributed by atoms with van der Waals surface area (Å²) in [5, 5.41) is 2.93. The van der Waals surface area contributed by atoms with Gasteiger partial charge in [0, 0.05) is 0 Å². The van der Waals surface area contributed by atoms with Crippen molar-refractivity contribution in [2.24, 2.45) is 0 Å². The van der Waals surface area contributed by atoms with Crippen molar-refractivity contribution in [3.05, 3.63) is 17.2 Å². The minimum absolute atomic E-state index is 0.110. The second-order valence-corrected chi connectivity index (χ2v) is 5.19. The molecular formula is C12H14ClNO4. The van der Waals surface area contributed by atoms with Crippen LogP contribution in [0.5, 0.6) is 11.5 Å². The van der Waals surface area contributed by atoms with Crippen molar-refractivity contribution in [1.82, 2.24) is 0 Å². The lowest BCUT2D eigenvalue weighted by Gasteiger charge is -2.20. The normalized spacial score (nSPS) is 13.3. The van der Waals surface area contributed by atoms with Gasteiger partial charge in [0.2, 0.25) is 6.79 Å². The van der Waals surface area contributed by atoms with Gasteiger partial charge < -0.3 is 14.2 Å². The maximum Gasteiger partial charge on any atom is 0.412 e. The summed E-state index contributed by atoms with van der Waals surface area (Å²) in [4.78, 5) is 11.7. The van der Waals surface area contributed by atoms with Crippen LogP contribution >= 0.6 is 11.6 Å². The van der Waals surface area contributed by atoms with E-state index in [0.717, 1.165) is 0 Å². The highest BCUT2D eigenvalue weighted by Crippen LogP contribution is 2.43. The third-order valence-electron chi connectivity index (χ3n) is 2.11. The Morgan fingerprint density at radius 3 is 2.78 bits per heavy atom. The Hall–Kier alpha value is -1.62. The number of ether oxygens (including phenoxy) is 3. The summed E-state index contributed by atoms with van der Waals surface area (Å²) in [7, 11) is 0. The molecule has 0 bridgehead atoms. The molecule has 0 saturated heterocycles. The molecule has 18 heavy (non-hydrogen) atoms. The number of anilines is 1. The highest BCUT2D eigenvalue weighted by molar-refractivity contribution is 6.34. The van der Waals surface area contributed by atoms with Crippen molar-refractivity contribution in [2.75, 3.05) is 12.1 Å². The first-order valence-electron chi connectivity index (χ1n) is 5.45. The molecule has 0 atom stereocenters. The van der Waals surface area contributed by atoms with Gasteiger partial charge in [-0.2, -0.15) is 0 Å². The van der Waals surface area contributed by atoms with E-state index in [-0.39, 0.29) is 6.79 Å². The lowest BCUT2D eigenvalue weighted by Crippen LogP contribution is -2.27. The van der Waals surface area contributed by atoms with Gasteiger partial charge in [0.15, 0.2) is 11.5 Å². The summed E-state index contributed by atoms with van der Waals surface area (Å²) >= 11 is 6.02. The predicted octanol–water partition coefficient (Wildman–Crippen LogP) is 3.42. The Balaban J connectivity index is 2.19. The molecule has 1 heterocycles. The van der Waals surface area contributed by atoms with E-state index < -0.39 is 11.7 Å². The Bertz CT molecular complexity index is 482. The van der Waals surface area contributed by atoms with Crippen LogP contribution in [0.25, 0.3) is 0 Å². The third-order valence-corrected chi connectivity index (χ3v) is 2.43. The number of rotatable bonds is 1. The van der Waals surface area contributed by atoms with Crippen molar-refractivity contribution in [3.63, 3.8) is 0 Å². The van der Waals surface area contributed by atoms with Crippen LogP contribution in [-0.2, 0) is 4.74 Å². The van der Waals surface area contributed by atoms with Gasteiger partial charge in [-0.15, -0.1) is 0 Å². The SMILES string of the molecule is CC(C)(C)OC(=O)Nc1c(Cl)ccc2c1OCO2. The van der Waals surface area contributed by atoms with Crippen LogP contribution in [0, 0.1) is 0 Å². The fourth-order valence-corrected chi connectivity index (χ4v) is 1.67. The highest BCUT2D eigenvalue weighted by Gasteiger charge is 2.24. The van der Waals surface area contributed by atoms with Crippen LogP contribution in [0.1, 0.15) is 20.8 Å². The van der Waals surface area contributed by atoms with E-state index in [1.807, 2.05) is 0 Å². The zero-order chi connectivity index (χ0) is 13.3. The van der Waals surface area contributed by atoms with E-state index in [0.29, 0.717) is 22.2 Å². The number of fused-ring (bicyclic) bond motifs is 1. The number of hydrogen-bond acceptors (Lipinski definition) is 4. The average Bonchev–Trinajstić information content (AvgIpc) is 2.67. The molecule has 5 nitrogen and oxygen atoms in total. The minimum atomic E-state index is -0.590. The predicted molar refractivity (Wildman–Crippen MR) is 67.4 cm³/mol. The molecule has 6 heteroatoms. The third kappa shape index (κ3) is 2.79. The molecular weight excluding hydrogens is 258 g/mol. The number of hydrogen-bond donors (Lipinski definition) is 1. The van der Waals surface area contributed by atoms with Gasteiger partial charge in [-0.05, 0) is 32.9 Å². The first kappa shape index (κ1) is 12.8. The molecule has 0 radical (unpaired) electrons. The van der Waals surface area contributed by atoms with E-state index in [1.165, 1.54) is 0 Å². The summed E-state index contributed by atoms with van der Waals surface area (Å²) in [6.45, 7) is 5.45. The fourth-order valence-electron chi connectivity index (χ4n) is 1.47. The molecule has 1 aliphatic rings. The van der Waals surface area contributed by atoms with Crippen molar-refractivity contribution < 1.29 is 19.0 Å². The Kier molecular flexibility index (Phi) is 3.26. The van der Waals surface area contributed by atoms with Crippen molar-refractivity contribution in [1.29, 1.82) is 0 Å².